The van der Waals surface area contributed by atoms with Crippen LogP contribution < -0.4 is 0 Å². The van der Waals surface area contributed by atoms with Gasteiger partial charge in [-0.2, -0.15) is 0 Å². The smallest absolute Gasteiger partial charge is 0.123 e. The van der Waals surface area contributed by atoms with Gasteiger partial charge in [-0.15, -0.1) is 0 Å². The summed E-state index contributed by atoms with van der Waals surface area (Å²) in [6.45, 7) is 3.80. The average Bonchev–Trinajstić information content (AvgIpc) is 2.09. The molecule has 0 amide bonds. The van der Waals surface area contributed by atoms with Gasteiger partial charge in [0.15, 0.2) is 0 Å². The van der Waals surface area contributed by atoms with E-state index in [1.807, 2.05) is 13.8 Å². The number of halogens is 1. The summed E-state index contributed by atoms with van der Waals surface area (Å²) in [6, 6.07) is 4.67. The molecule has 0 aromatic heterocycles. The number of benzene rings is 1. The van der Waals surface area contributed by atoms with Gasteiger partial charge in [0.1, 0.15) is 5.82 Å². The minimum Gasteiger partial charge on any atom is -0.393 e. The summed E-state index contributed by atoms with van der Waals surface area (Å²) in [5.74, 6) is -0.216. The minimum absolute atomic E-state index is 0.216. The molecule has 0 aliphatic rings. The second-order valence-electron chi connectivity index (χ2n) is 3.34. The molecule has 0 aliphatic carbocycles. The first-order valence-electron chi connectivity index (χ1n) is 4.56. The van der Waals surface area contributed by atoms with E-state index in [1.54, 1.807) is 6.07 Å². The first-order valence-corrected chi connectivity index (χ1v) is 4.56. The van der Waals surface area contributed by atoms with Gasteiger partial charge in [-0.3, -0.25) is 0 Å². The number of hydrogen-bond donors (Lipinski definition) is 1. The Hall–Kier alpha value is -0.890. The van der Waals surface area contributed by atoms with E-state index in [9.17, 15) is 9.50 Å². The molecule has 2 heteroatoms. The topological polar surface area (TPSA) is 20.2 Å². The lowest BCUT2D eigenvalue weighted by molar-refractivity contribution is 0.170. The van der Waals surface area contributed by atoms with Crippen LogP contribution in [0.25, 0.3) is 0 Å². The Kier molecular flexibility index (Phi) is 3.43. The molecule has 0 radical (unpaired) electrons. The number of hydrogen-bond acceptors (Lipinski definition) is 1. The maximum atomic E-state index is 12.7. The average molecular weight is 182 g/mol. The van der Waals surface area contributed by atoms with E-state index >= 15 is 0 Å². The van der Waals surface area contributed by atoms with Gasteiger partial charge < -0.3 is 5.11 Å². The molecule has 72 valence electrons. The van der Waals surface area contributed by atoms with Gasteiger partial charge in [-0.05, 0) is 43.0 Å². The lowest BCUT2D eigenvalue weighted by atomic mass is 10.0. The zero-order valence-corrected chi connectivity index (χ0v) is 8.05. The highest BCUT2D eigenvalue weighted by Crippen LogP contribution is 2.13. The predicted octanol–water partition coefficient (Wildman–Crippen LogP) is 2.45. The maximum absolute atomic E-state index is 12.7. The van der Waals surface area contributed by atoms with E-state index in [1.165, 1.54) is 12.1 Å². The fourth-order valence-corrected chi connectivity index (χ4v) is 1.29. The fourth-order valence-electron chi connectivity index (χ4n) is 1.29. The fraction of sp³-hybridized carbons (Fsp3) is 0.455. The summed E-state index contributed by atoms with van der Waals surface area (Å²) in [5.41, 5.74) is 1.93. The van der Waals surface area contributed by atoms with Gasteiger partial charge >= 0.3 is 0 Å². The molecule has 1 unspecified atom stereocenters. The quantitative estimate of drug-likeness (QED) is 0.761. The summed E-state index contributed by atoms with van der Waals surface area (Å²) in [5, 5.41) is 9.41. The Morgan fingerprint density at radius 1 is 1.46 bits per heavy atom. The summed E-state index contributed by atoms with van der Waals surface area (Å²) in [7, 11) is 0. The molecule has 1 nitrogen and oxygen atoms in total. The van der Waals surface area contributed by atoms with Crippen molar-refractivity contribution in [1.29, 1.82) is 0 Å². The Balaban J connectivity index is 2.77. The Labute approximate surface area is 78.2 Å². The van der Waals surface area contributed by atoms with Crippen molar-refractivity contribution in [1.82, 2.24) is 0 Å². The van der Waals surface area contributed by atoms with Gasteiger partial charge in [-0.25, -0.2) is 4.39 Å². The molecule has 0 spiro atoms. The molecule has 1 rings (SSSR count). The van der Waals surface area contributed by atoms with E-state index in [0.29, 0.717) is 6.42 Å². The van der Waals surface area contributed by atoms with Crippen LogP contribution in [0, 0.1) is 12.7 Å². The first kappa shape index (κ1) is 10.2. The van der Waals surface area contributed by atoms with Crippen molar-refractivity contribution in [3.8, 4) is 0 Å². The van der Waals surface area contributed by atoms with Gasteiger partial charge in [0.2, 0.25) is 0 Å². The molecule has 0 saturated carbocycles. The number of aryl methyl sites for hydroxylation is 1. The molecule has 0 bridgehead atoms. The Morgan fingerprint density at radius 3 is 2.69 bits per heavy atom. The monoisotopic (exact) mass is 182 g/mol. The van der Waals surface area contributed by atoms with Crippen molar-refractivity contribution in [2.24, 2.45) is 0 Å². The molecular formula is C11H15FO. The highest BCUT2D eigenvalue weighted by molar-refractivity contribution is 5.27. The first-order chi connectivity index (χ1) is 6.13. The zero-order valence-electron chi connectivity index (χ0n) is 8.05. The van der Waals surface area contributed by atoms with Gasteiger partial charge in [0.05, 0.1) is 6.10 Å². The third-order valence-corrected chi connectivity index (χ3v) is 2.23. The summed E-state index contributed by atoms with van der Waals surface area (Å²) in [4.78, 5) is 0. The van der Waals surface area contributed by atoms with Crippen LogP contribution >= 0.6 is 0 Å². The van der Waals surface area contributed by atoms with Crippen LogP contribution in [0.3, 0.4) is 0 Å². The summed E-state index contributed by atoms with van der Waals surface area (Å²) >= 11 is 0. The molecule has 1 N–H and O–H groups in total. The van der Waals surface area contributed by atoms with Crippen molar-refractivity contribution in [3.05, 3.63) is 35.1 Å². The van der Waals surface area contributed by atoms with Crippen molar-refractivity contribution in [2.75, 3.05) is 0 Å². The summed E-state index contributed by atoms with van der Waals surface area (Å²) < 4.78 is 12.7. The van der Waals surface area contributed by atoms with Gasteiger partial charge in [0, 0.05) is 0 Å². The lowest BCUT2D eigenvalue weighted by Gasteiger charge is -2.09. The van der Waals surface area contributed by atoms with Crippen molar-refractivity contribution in [3.63, 3.8) is 0 Å². The molecule has 1 aromatic carbocycles. The van der Waals surface area contributed by atoms with Crippen LogP contribution in [-0.2, 0) is 6.42 Å². The van der Waals surface area contributed by atoms with E-state index < -0.39 is 0 Å². The Bertz CT molecular complexity index is 283. The molecule has 0 saturated heterocycles. The standard InChI is InChI=1S/C11H15FO/c1-3-11(13)7-9-4-5-10(12)6-8(9)2/h4-6,11,13H,3,7H2,1-2H3. The zero-order chi connectivity index (χ0) is 9.84. The van der Waals surface area contributed by atoms with Crippen LogP contribution in [0.15, 0.2) is 18.2 Å². The molecule has 0 heterocycles. The molecule has 1 aromatic rings. The van der Waals surface area contributed by atoms with Crippen molar-refractivity contribution < 1.29 is 9.50 Å². The largest absolute Gasteiger partial charge is 0.393 e. The van der Waals surface area contributed by atoms with Crippen molar-refractivity contribution in [2.45, 2.75) is 32.8 Å². The minimum atomic E-state index is -0.316. The van der Waals surface area contributed by atoms with Crippen LogP contribution in [0.1, 0.15) is 24.5 Å². The normalized spacial score (nSPS) is 12.9. The van der Waals surface area contributed by atoms with Crippen molar-refractivity contribution >= 4 is 0 Å². The van der Waals surface area contributed by atoms with Crippen LogP contribution in [0.5, 0.6) is 0 Å². The second-order valence-corrected chi connectivity index (χ2v) is 3.34. The molecular weight excluding hydrogens is 167 g/mol. The summed E-state index contributed by atoms with van der Waals surface area (Å²) in [6.07, 6.45) is 1.03. The molecule has 1 atom stereocenters. The lowest BCUT2D eigenvalue weighted by Crippen LogP contribution is -2.09. The molecule has 13 heavy (non-hydrogen) atoms. The third-order valence-electron chi connectivity index (χ3n) is 2.23. The van der Waals surface area contributed by atoms with E-state index in [0.717, 1.165) is 17.5 Å². The van der Waals surface area contributed by atoms with E-state index in [2.05, 4.69) is 0 Å². The highest BCUT2D eigenvalue weighted by Gasteiger charge is 2.05. The SMILES string of the molecule is CCC(O)Cc1ccc(F)cc1C. The Morgan fingerprint density at radius 2 is 2.15 bits per heavy atom. The molecule has 0 aliphatic heterocycles. The maximum Gasteiger partial charge on any atom is 0.123 e. The third kappa shape index (κ3) is 2.81. The predicted molar refractivity (Wildman–Crippen MR) is 51.1 cm³/mol. The van der Waals surface area contributed by atoms with Gasteiger partial charge in [0.25, 0.3) is 0 Å². The highest BCUT2D eigenvalue weighted by atomic mass is 19.1. The number of aliphatic hydroxyl groups is 1. The van der Waals surface area contributed by atoms with E-state index in [-0.39, 0.29) is 11.9 Å². The van der Waals surface area contributed by atoms with Crippen LogP contribution in [0.4, 0.5) is 4.39 Å². The van der Waals surface area contributed by atoms with Crippen LogP contribution in [-0.4, -0.2) is 11.2 Å². The number of rotatable bonds is 3. The van der Waals surface area contributed by atoms with E-state index in [4.69, 9.17) is 0 Å². The number of aliphatic hydroxyl groups excluding tert-OH is 1. The van der Waals surface area contributed by atoms with Crippen LogP contribution in [0.2, 0.25) is 0 Å². The molecule has 0 fully saturated rings. The second kappa shape index (κ2) is 4.38. The van der Waals surface area contributed by atoms with Gasteiger partial charge in [-0.1, -0.05) is 13.0 Å².